The summed E-state index contributed by atoms with van der Waals surface area (Å²) >= 11 is 0. The normalized spacial score (nSPS) is 16.5. The molecule has 38 heavy (non-hydrogen) atoms. The maximum absolute atomic E-state index is 13.4. The quantitative estimate of drug-likeness (QED) is 0.325. The van der Waals surface area contributed by atoms with Crippen LogP contribution >= 0.6 is 0 Å². The number of carbonyl (C=O) groups excluding carboxylic acids is 1. The van der Waals surface area contributed by atoms with Crippen LogP contribution in [-0.2, 0) is 24.1 Å². The summed E-state index contributed by atoms with van der Waals surface area (Å²) in [4.78, 5) is 20.1. The fourth-order valence-electron chi connectivity index (χ4n) is 5.02. The van der Waals surface area contributed by atoms with Crippen molar-refractivity contribution in [1.29, 1.82) is 0 Å². The molecule has 9 heteroatoms. The van der Waals surface area contributed by atoms with Crippen molar-refractivity contribution in [2.75, 3.05) is 25.5 Å². The second-order valence-electron chi connectivity index (χ2n) is 9.56. The van der Waals surface area contributed by atoms with Crippen LogP contribution in [0.15, 0.2) is 72.8 Å². The number of para-hydroxylation sites is 3. The Morgan fingerprint density at radius 1 is 1.03 bits per heavy atom. The minimum absolute atomic E-state index is 0.205. The van der Waals surface area contributed by atoms with Gasteiger partial charge in [-0.1, -0.05) is 36.4 Å². The summed E-state index contributed by atoms with van der Waals surface area (Å²) in [5.74, 6) is 0.869. The Hall–Kier alpha value is -3.85. The third kappa shape index (κ3) is 5.67. The van der Waals surface area contributed by atoms with E-state index in [0.717, 1.165) is 47.2 Å². The summed E-state index contributed by atoms with van der Waals surface area (Å²) in [6.45, 7) is 2.40. The molecule has 1 amide bonds. The number of ether oxygens (including phenoxy) is 1. The molecule has 3 aromatic carbocycles. The van der Waals surface area contributed by atoms with Crippen LogP contribution < -0.4 is 10.1 Å². The minimum Gasteiger partial charge on any atom is -0.497 e. The zero-order chi connectivity index (χ0) is 26.7. The van der Waals surface area contributed by atoms with Crippen LogP contribution in [-0.4, -0.2) is 40.6 Å². The number of piperidine rings is 1. The number of rotatable bonds is 7. The first kappa shape index (κ1) is 25.8. The van der Waals surface area contributed by atoms with Gasteiger partial charge in [0, 0.05) is 13.1 Å². The number of carbonyl (C=O) groups is 1. The first-order chi connectivity index (χ1) is 18.3. The van der Waals surface area contributed by atoms with Crippen molar-refractivity contribution in [3.8, 4) is 5.75 Å². The summed E-state index contributed by atoms with van der Waals surface area (Å²) in [6, 6.07) is 21.0. The Kier molecular flexibility index (Phi) is 7.37. The molecule has 198 valence electrons. The Morgan fingerprint density at radius 3 is 2.53 bits per heavy atom. The maximum Gasteiger partial charge on any atom is 0.418 e. The number of halogens is 3. The SMILES string of the molecule is COc1ccc(Cn2c(CN3CCC[C@@H](C(=O)Nc4ccccc4C(F)(F)F)C3)nc3ccccc32)cc1. The molecule has 0 radical (unpaired) electrons. The zero-order valence-corrected chi connectivity index (χ0v) is 21.0. The molecule has 0 spiro atoms. The van der Waals surface area contributed by atoms with Crippen molar-refractivity contribution in [2.45, 2.75) is 32.1 Å². The van der Waals surface area contributed by atoms with E-state index in [2.05, 4.69) is 14.8 Å². The number of amides is 1. The molecule has 0 aliphatic carbocycles. The number of alkyl halides is 3. The predicted octanol–water partition coefficient (Wildman–Crippen LogP) is 5.96. The van der Waals surface area contributed by atoms with Crippen molar-refractivity contribution in [3.05, 3.63) is 89.7 Å². The average Bonchev–Trinajstić information content (AvgIpc) is 3.25. The molecule has 1 aromatic heterocycles. The number of benzene rings is 3. The smallest absolute Gasteiger partial charge is 0.418 e. The number of nitrogens with one attached hydrogen (secondary N) is 1. The number of methoxy groups -OCH3 is 1. The molecule has 0 unspecified atom stereocenters. The molecule has 1 fully saturated rings. The van der Waals surface area contributed by atoms with Gasteiger partial charge in [-0.25, -0.2) is 4.98 Å². The molecule has 0 bridgehead atoms. The first-order valence-electron chi connectivity index (χ1n) is 12.6. The number of fused-ring (bicyclic) bond motifs is 1. The first-order valence-corrected chi connectivity index (χ1v) is 12.6. The van der Waals surface area contributed by atoms with Gasteiger partial charge in [0.25, 0.3) is 0 Å². The third-order valence-electron chi connectivity index (χ3n) is 6.97. The third-order valence-corrected chi connectivity index (χ3v) is 6.97. The molecule has 1 aliphatic heterocycles. The summed E-state index contributed by atoms with van der Waals surface area (Å²) in [5, 5.41) is 2.53. The van der Waals surface area contributed by atoms with Gasteiger partial charge < -0.3 is 14.6 Å². The van der Waals surface area contributed by atoms with Crippen LogP contribution in [0.5, 0.6) is 5.75 Å². The number of aromatic nitrogens is 2. The van der Waals surface area contributed by atoms with Gasteiger partial charge >= 0.3 is 6.18 Å². The highest BCUT2D eigenvalue weighted by Crippen LogP contribution is 2.35. The molecule has 0 saturated carbocycles. The fourth-order valence-corrected chi connectivity index (χ4v) is 5.02. The van der Waals surface area contributed by atoms with Gasteiger partial charge in [0.2, 0.25) is 5.91 Å². The van der Waals surface area contributed by atoms with Crippen LogP contribution in [0.3, 0.4) is 0 Å². The van der Waals surface area contributed by atoms with Crippen LogP contribution in [0.2, 0.25) is 0 Å². The highest BCUT2D eigenvalue weighted by Gasteiger charge is 2.34. The maximum atomic E-state index is 13.4. The van der Waals surface area contributed by atoms with E-state index >= 15 is 0 Å². The largest absolute Gasteiger partial charge is 0.497 e. The minimum atomic E-state index is -4.54. The molecule has 5 rings (SSSR count). The Balaban J connectivity index is 1.33. The number of hydrogen-bond donors (Lipinski definition) is 1. The highest BCUT2D eigenvalue weighted by molar-refractivity contribution is 5.93. The second-order valence-corrected chi connectivity index (χ2v) is 9.56. The highest BCUT2D eigenvalue weighted by atomic mass is 19.4. The van der Waals surface area contributed by atoms with Crippen LogP contribution in [0, 0.1) is 5.92 Å². The van der Waals surface area contributed by atoms with Gasteiger partial charge in [0.15, 0.2) is 0 Å². The lowest BCUT2D eigenvalue weighted by Gasteiger charge is -2.32. The summed E-state index contributed by atoms with van der Waals surface area (Å²) in [7, 11) is 1.64. The number of hydrogen-bond acceptors (Lipinski definition) is 4. The van der Waals surface area contributed by atoms with Gasteiger partial charge in [0.1, 0.15) is 11.6 Å². The van der Waals surface area contributed by atoms with Crippen molar-refractivity contribution in [3.63, 3.8) is 0 Å². The van der Waals surface area contributed by atoms with E-state index in [1.54, 1.807) is 7.11 Å². The number of anilines is 1. The van der Waals surface area contributed by atoms with E-state index in [9.17, 15) is 18.0 Å². The molecule has 4 aromatic rings. The molecule has 1 atom stereocenters. The summed E-state index contributed by atoms with van der Waals surface area (Å²) < 4.78 is 47.6. The van der Waals surface area contributed by atoms with E-state index < -0.39 is 23.6 Å². The second kappa shape index (κ2) is 10.9. The van der Waals surface area contributed by atoms with Crippen molar-refractivity contribution in [2.24, 2.45) is 5.92 Å². The van der Waals surface area contributed by atoms with E-state index in [1.165, 1.54) is 18.2 Å². The lowest BCUT2D eigenvalue weighted by atomic mass is 9.96. The monoisotopic (exact) mass is 522 g/mol. The standard InChI is InChI=1S/C29H29F3N4O2/c1-38-22-14-12-20(13-15-22)17-36-26-11-5-4-10-25(26)33-27(36)19-35-16-6-7-21(18-35)28(37)34-24-9-3-2-8-23(24)29(30,31)32/h2-5,8-15,21H,6-7,16-19H2,1H3,(H,34,37)/t21-/m1/s1. The molecular weight excluding hydrogens is 493 g/mol. The fraction of sp³-hybridized carbons (Fsp3) is 0.310. The van der Waals surface area contributed by atoms with Crippen LogP contribution in [0.4, 0.5) is 18.9 Å². The van der Waals surface area contributed by atoms with Crippen LogP contribution in [0.25, 0.3) is 11.0 Å². The van der Waals surface area contributed by atoms with Crippen molar-refractivity contribution in [1.82, 2.24) is 14.5 Å². The number of likely N-dealkylation sites (tertiary alicyclic amines) is 1. The molecule has 6 nitrogen and oxygen atoms in total. The Labute approximate surface area is 219 Å². The van der Waals surface area contributed by atoms with E-state index in [0.29, 0.717) is 26.1 Å². The van der Waals surface area contributed by atoms with Gasteiger partial charge in [0.05, 0.1) is 41.9 Å². The topological polar surface area (TPSA) is 59.4 Å². The zero-order valence-electron chi connectivity index (χ0n) is 21.0. The molecule has 2 heterocycles. The summed E-state index contributed by atoms with van der Waals surface area (Å²) in [6.07, 6.45) is -3.14. The van der Waals surface area contributed by atoms with Gasteiger partial charge in [-0.2, -0.15) is 13.2 Å². The van der Waals surface area contributed by atoms with Gasteiger partial charge in [-0.15, -0.1) is 0 Å². The molecular formula is C29H29F3N4O2. The Morgan fingerprint density at radius 2 is 1.76 bits per heavy atom. The average molecular weight is 523 g/mol. The Bertz CT molecular complexity index is 1420. The number of nitrogens with zero attached hydrogens (tertiary/aromatic N) is 3. The van der Waals surface area contributed by atoms with Crippen LogP contribution in [0.1, 0.15) is 29.8 Å². The van der Waals surface area contributed by atoms with Crippen molar-refractivity contribution >= 4 is 22.6 Å². The van der Waals surface area contributed by atoms with E-state index in [4.69, 9.17) is 9.72 Å². The number of imidazole rings is 1. The van der Waals surface area contributed by atoms with E-state index in [-0.39, 0.29) is 5.69 Å². The molecule has 1 saturated heterocycles. The van der Waals surface area contributed by atoms with E-state index in [1.807, 2.05) is 48.5 Å². The molecule has 1 aliphatic rings. The lowest BCUT2D eigenvalue weighted by molar-refractivity contribution is -0.137. The summed E-state index contributed by atoms with van der Waals surface area (Å²) in [5.41, 5.74) is 1.98. The van der Waals surface area contributed by atoms with Crippen molar-refractivity contribution < 1.29 is 22.7 Å². The van der Waals surface area contributed by atoms with Gasteiger partial charge in [-0.3, -0.25) is 9.69 Å². The predicted molar refractivity (Wildman–Crippen MR) is 140 cm³/mol. The lowest BCUT2D eigenvalue weighted by Crippen LogP contribution is -2.41. The van der Waals surface area contributed by atoms with Gasteiger partial charge in [-0.05, 0) is 61.3 Å². The molecule has 1 N–H and O–H groups in total.